The van der Waals surface area contributed by atoms with E-state index in [0.717, 1.165) is 24.3 Å². The van der Waals surface area contributed by atoms with Crippen LogP contribution in [0.25, 0.3) is 0 Å². The van der Waals surface area contributed by atoms with E-state index >= 15 is 0 Å². The number of carbonyl (C=O) groups is 1. The van der Waals surface area contributed by atoms with Crippen LogP contribution < -0.4 is 5.32 Å². The second kappa shape index (κ2) is 4.89. The monoisotopic (exact) mass is 260 g/mol. The number of hydrogen-bond acceptors (Lipinski definition) is 4. The first-order valence-corrected chi connectivity index (χ1v) is 6.25. The molecule has 2 aromatic rings. The summed E-state index contributed by atoms with van der Waals surface area (Å²) in [7, 11) is 1.65. The highest BCUT2D eigenvalue weighted by Gasteiger charge is 2.30. The standard InChI is InChI=1S/C13H16N4O2/c1-14-13(18)12-8-16(6-10-3-5-19-9-10)7-11-2-4-15-17(11)12/h2-5,9,12H,6-8H2,1H3,(H,14,18)/t12-/m1/s1. The number of nitrogens with one attached hydrogen (secondary N) is 1. The van der Waals surface area contributed by atoms with Gasteiger partial charge in [-0.1, -0.05) is 0 Å². The summed E-state index contributed by atoms with van der Waals surface area (Å²) < 4.78 is 6.89. The van der Waals surface area contributed by atoms with Gasteiger partial charge in [0.2, 0.25) is 5.91 Å². The van der Waals surface area contributed by atoms with Gasteiger partial charge in [-0.05, 0) is 12.1 Å². The Bertz CT molecular complexity index is 561. The Labute approximate surface area is 111 Å². The average molecular weight is 260 g/mol. The summed E-state index contributed by atoms with van der Waals surface area (Å²) in [6.45, 7) is 2.22. The van der Waals surface area contributed by atoms with Crippen LogP contribution in [-0.4, -0.2) is 34.2 Å². The second-order valence-electron chi connectivity index (χ2n) is 4.70. The van der Waals surface area contributed by atoms with E-state index in [2.05, 4.69) is 15.3 Å². The maximum absolute atomic E-state index is 12.0. The molecule has 0 radical (unpaired) electrons. The third-order valence-corrected chi connectivity index (χ3v) is 3.40. The summed E-state index contributed by atoms with van der Waals surface area (Å²) in [5.74, 6) is -0.0122. The average Bonchev–Trinajstić information content (AvgIpc) is 3.07. The zero-order chi connectivity index (χ0) is 13.2. The molecule has 1 atom stereocenters. The molecule has 0 saturated heterocycles. The highest BCUT2D eigenvalue weighted by molar-refractivity contribution is 5.80. The maximum Gasteiger partial charge on any atom is 0.245 e. The third-order valence-electron chi connectivity index (χ3n) is 3.40. The van der Waals surface area contributed by atoms with Crippen LogP contribution in [0.1, 0.15) is 17.3 Å². The number of nitrogens with zero attached hydrogens (tertiary/aromatic N) is 3. The number of rotatable bonds is 3. The lowest BCUT2D eigenvalue weighted by Gasteiger charge is -2.32. The highest BCUT2D eigenvalue weighted by atomic mass is 16.3. The normalized spacial score (nSPS) is 19.1. The molecule has 1 amide bonds. The fourth-order valence-electron chi connectivity index (χ4n) is 2.48. The second-order valence-corrected chi connectivity index (χ2v) is 4.70. The fourth-order valence-corrected chi connectivity index (χ4v) is 2.48. The predicted molar refractivity (Wildman–Crippen MR) is 68.2 cm³/mol. The van der Waals surface area contributed by atoms with Gasteiger partial charge in [-0.15, -0.1) is 0 Å². The van der Waals surface area contributed by atoms with Crippen molar-refractivity contribution < 1.29 is 9.21 Å². The minimum absolute atomic E-state index is 0.0122. The highest BCUT2D eigenvalue weighted by Crippen LogP contribution is 2.22. The van der Waals surface area contributed by atoms with Crippen LogP contribution in [0.5, 0.6) is 0 Å². The minimum Gasteiger partial charge on any atom is -0.472 e. The lowest BCUT2D eigenvalue weighted by Crippen LogP contribution is -2.43. The molecule has 100 valence electrons. The molecule has 19 heavy (non-hydrogen) atoms. The number of furan rings is 1. The Morgan fingerprint density at radius 2 is 2.47 bits per heavy atom. The minimum atomic E-state index is -0.268. The van der Waals surface area contributed by atoms with Crippen LogP contribution in [-0.2, 0) is 17.9 Å². The van der Waals surface area contributed by atoms with E-state index in [0.29, 0.717) is 6.54 Å². The quantitative estimate of drug-likeness (QED) is 0.885. The Morgan fingerprint density at radius 1 is 1.58 bits per heavy atom. The molecule has 6 nitrogen and oxygen atoms in total. The van der Waals surface area contributed by atoms with Crippen LogP contribution in [0.4, 0.5) is 0 Å². The van der Waals surface area contributed by atoms with Gasteiger partial charge in [-0.25, -0.2) is 0 Å². The lowest BCUT2D eigenvalue weighted by atomic mass is 10.1. The van der Waals surface area contributed by atoms with Crippen LogP contribution in [0.2, 0.25) is 0 Å². The van der Waals surface area contributed by atoms with Crippen LogP contribution in [0.15, 0.2) is 35.3 Å². The van der Waals surface area contributed by atoms with Crippen molar-refractivity contribution in [1.82, 2.24) is 20.0 Å². The van der Waals surface area contributed by atoms with E-state index < -0.39 is 0 Å². The van der Waals surface area contributed by atoms with Gasteiger partial charge in [0.1, 0.15) is 6.04 Å². The van der Waals surface area contributed by atoms with Crippen molar-refractivity contribution in [3.8, 4) is 0 Å². The molecule has 1 N–H and O–H groups in total. The lowest BCUT2D eigenvalue weighted by molar-refractivity contribution is -0.125. The van der Waals surface area contributed by atoms with Gasteiger partial charge in [-0.2, -0.15) is 5.10 Å². The molecule has 0 saturated carbocycles. The largest absolute Gasteiger partial charge is 0.472 e. The number of fused-ring (bicyclic) bond motifs is 1. The molecule has 0 unspecified atom stereocenters. The predicted octanol–water partition coefficient (Wildman–Crippen LogP) is 0.779. The number of aromatic nitrogens is 2. The van der Waals surface area contributed by atoms with E-state index in [1.165, 1.54) is 0 Å². The first kappa shape index (κ1) is 12.0. The van der Waals surface area contributed by atoms with E-state index in [1.807, 2.05) is 16.8 Å². The molecular weight excluding hydrogens is 244 g/mol. The van der Waals surface area contributed by atoms with E-state index in [-0.39, 0.29) is 11.9 Å². The smallest absolute Gasteiger partial charge is 0.245 e. The van der Waals surface area contributed by atoms with Crippen molar-refractivity contribution >= 4 is 5.91 Å². The van der Waals surface area contributed by atoms with Crippen molar-refractivity contribution in [1.29, 1.82) is 0 Å². The molecular formula is C13H16N4O2. The van der Waals surface area contributed by atoms with Gasteiger partial charge in [0, 0.05) is 38.4 Å². The van der Waals surface area contributed by atoms with Crippen LogP contribution in [0, 0.1) is 0 Å². The molecule has 1 aliphatic rings. The Kier molecular flexibility index (Phi) is 3.08. The summed E-state index contributed by atoms with van der Waals surface area (Å²) >= 11 is 0. The molecule has 0 fully saturated rings. The van der Waals surface area contributed by atoms with Gasteiger partial charge in [0.05, 0.1) is 18.2 Å². The first-order valence-electron chi connectivity index (χ1n) is 6.25. The first-order chi connectivity index (χ1) is 9.28. The van der Waals surface area contributed by atoms with Crippen molar-refractivity contribution in [3.63, 3.8) is 0 Å². The molecule has 1 aliphatic heterocycles. The van der Waals surface area contributed by atoms with Crippen molar-refractivity contribution in [2.45, 2.75) is 19.1 Å². The zero-order valence-electron chi connectivity index (χ0n) is 10.7. The van der Waals surface area contributed by atoms with Gasteiger partial charge < -0.3 is 9.73 Å². The van der Waals surface area contributed by atoms with Gasteiger partial charge in [-0.3, -0.25) is 14.4 Å². The molecule has 2 aromatic heterocycles. The van der Waals surface area contributed by atoms with E-state index in [4.69, 9.17) is 4.42 Å². The van der Waals surface area contributed by atoms with E-state index in [1.54, 1.807) is 25.8 Å². The number of carbonyl (C=O) groups excluding carboxylic acids is 1. The summed E-state index contributed by atoms with van der Waals surface area (Å²) in [6.07, 6.45) is 5.15. The maximum atomic E-state index is 12.0. The molecule has 0 bridgehead atoms. The topological polar surface area (TPSA) is 63.3 Å². The zero-order valence-corrected chi connectivity index (χ0v) is 10.7. The fraction of sp³-hybridized carbons (Fsp3) is 0.385. The third kappa shape index (κ3) is 2.26. The summed E-state index contributed by atoms with van der Waals surface area (Å²) in [5, 5.41) is 6.95. The molecule has 0 spiro atoms. The summed E-state index contributed by atoms with van der Waals surface area (Å²) in [5.41, 5.74) is 2.17. The van der Waals surface area contributed by atoms with Crippen molar-refractivity contribution in [2.75, 3.05) is 13.6 Å². The van der Waals surface area contributed by atoms with Gasteiger partial charge in [0.25, 0.3) is 0 Å². The summed E-state index contributed by atoms with van der Waals surface area (Å²) in [6, 6.07) is 3.63. The summed E-state index contributed by atoms with van der Waals surface area (Å²) in [4.78, 5) is 14.2. The van der Waals surface area contributed by atoms with Gasteiger partial charge in [0.15, 0.2) is 0 Å². The SMILES string of the molecule is CNC(=O)[C@H]1CN(Cc2ccoc2)Cc2ccnn21. The molecule has 6 heteroatoms. The van der Waals surface area contributed by atoms with Crippen molar-refractivity contribution in [2.24, 2.45) is 0 Å². The number of likely N-dealkylation sites (N-methyl/N-ethyl adjacent to an activating group) is 1. The molecule has 0 aromatic carbocycles. The van der Waals surface area contributed by atoms with Crippen molar-refractivity contribution in [3.05, 3.63) is 42.1 Å². The number of amides is 1. The Balaban J connectivity index is 1.82. The molecule has 3 rings (SSSR count). The Hall–Kier alpha value is -2.08. The van der Waals surface area contributed by atoms with Gasteiger partial charge >= 0.3 is 0 Å². The Morgan fingerprint density at radius 3 is 3.21 bits per heavy atom. The number of hydrogen-bond donors (Lipinski definition) is 1. The van der Waals surface area contributed by atoms with Crippen LogP contribution >= 0.6 is 0 Å². The molecule has 3 heterocycles. The molecule has 0 aliphatic carbocycles. The van der Waals surface area contributed by atoms with E-state index in [9.17, 15) is 4.79 Å². The van der Waals surface area contributed by atoms with Crippen LogP contribution in [0.3, 0.4) is 0 Å².